The van der Waals surface area contributed by atoms with E-state index in [2.05, 4.69) is 0 Å². The molecule has 117 heavy (non-hydrogen) atoms. The molecule has 0 amide bonds. The molecule has 0 saturated heterocycles. The van der Waals surface area contributed by atoms with Gasteiger partial charge in [0.15, 0.2) is 46.2 Å². The Hall–Kier alpha value is -3.96. The van der Waals surface area contributed by atoms with Crippen molar-refractivity contribution in [2.75, 3.05) is 40.8 Å². The maximum absolute atomic E-state index is 13.0. The van der Waals surface area contributed by atoms with Crippen LogP contribution in [0.15, 0.2) is 0 Å². The van der Waals surface area contributed by atoms with Gasteiger partial charge in [0.2, 0.25) is 0 Å². The van der Waals surface area contributed by atoms with Crippen molar-refractivity contribution >= 4 is 41.6 Å². The maximum atomic E-state index is 13.0. The summed E-state index contributed by atoms with van der Waals surface area (Å²) >= 11 is 0. The van der Waals surface area contributed by atoms with E-state index in [-0.39, 0.29) is 205 Å². The lowest BCUT2D eigenvalue weighted by Crippen LogP contribution is -2.55. The first-order valence-corrected chi connectivity index (χ1v) is 41.1. The van der Waals surface area contributed by atoms with Gasteiger partial charge in [-0.1, -0.05) is 216 Å². The molecule has 12 aliphatic carbocycles. The van der Waals surface area contributed by atoms with Crippen molar-refractivity contribution < 1.29 is 104 Å². The van der Waals surface area contributed by atoms with E-state index >= 15 is 0 Å². The summed E-state index contributed by atoms with van der Waals surface area (Å²) < 4.78 is 103. The summed E-state index contributed by atoms with van der Waals surface area (Å²) in [6, 6.07) is 0. The second-order valence-corrected chi connectivity index (χ2v) is 33.9. The highest BCUT2D eigenvalue weighted by Gasteiger charge is 2.58. The van der Waals surface area contributed by atoms with Crippen molar-refractivity contribution in [2.45, 2.75) is 454 Å². The lowest BCUT2D eigenvalue weighted by atomic mass is 9.54. The Morgan fingerprint density at radius 3 is 0.949 bits per heavy atom. The van der Waals surface area contributed by atoms with Crippen molar-refractivity contribution in [3.8, 4) is 0 Å². The monoisotopic (exact) mass is 1690 g/mol. The average Bonchev–Trinajstić information content (AvgIpc) is 1.09. The molecule has 0 aliphatic heterocycles. The molecule has 19 nitrogen and oxygen atoms in total. The van der Waals surface area contributed by atoms with Crippen LogP contribution in [0.25, 0.3) is 0 Å². The molecule has 22 heteroatoms. The molecule has 0 spiro atoms. The standard InChI is InChI=1S/C18H30O3.C17H23F3O4.C13H24O3.2C12H22O3.C11H20O3.12CH4/c1-4-18(3,5-2)17(19)21-11-20-16-14-7-12-6-13(9-14)10-15(16)8-12;1-3-16(2,17(18,19)20)15(22)24-8-23-14-11-5-9-4-10(7-11)13(21)12(14)6-9;1-4-13(2,3)12(14)16-10-15-11-8-6-5-7-9-11;1-4-12(2,3)11(13)15-9-14-10-7-5-6-8-10;1-3-10(2)12(13)15-9-14-11-7-5-4-6-8-11;1-3-9(2)11(12)14-8-13-10-6-4-5-7-10;;;;;;;;;;;;/h12-16H,4-11H2,1-3H3;9-12,14H,3-8H2,1-2H3;11H,4-10H2,1-3H3;10H,4-9H2,1-3H3;10-11H,3-9H2,1-2H3;9-10H,3-8H2,1-2H3;12*1H4. The van der Waals surface area contributed by atoms with Crippen LogP contribution in [0.5, 0.6) is 0 Å². The number of hydrogen-bond acceptors (Lipinski definition) is 19. The maximum Gasteiger partial charge on any atom is 0.404 e. The van der Waals surface area contributed by atoms with Crippen LogP contribution in [0.4, 0.5) is 13.2 Å². The Morgan fingerprint density at radius 2 is 0.632 bits per heavy atom. The molecule has 12 aliphatic rings. The summed E-state index contributed by atoms with van der Waals surface area (Å²) in [5, 5.41) is 0. The number of ether oxygens (including phenoxy) is 12. The van der Waals surface area contributed by atoms with Crippen LogP contribution >= 0.6 is 0 Å². The fraction of sp³-hybridized carbons (Fsp3) is 0.926. The van der Waals surface area contributed by atoms with Crippen molar-refractivity contribution in [3.05, 3.63) is 0 Å². The van der Waals surface area contributed by atoms with E-state index < -0.39 is 36.2 Å². The molecule has 0 aromatic rings. The van der Waals surface area contributed by atoms with Crippen LogP contribution in [0.2, 0.25) is 0 Å². The van der Waals surface area contributed by atoms with Gasteiger partial charge in [-0.25, -0.2) is 0 Å². The summed E-state index contributed by atoms with van der Waals surface area (Å²) in [6.45, 7) is 27.6. The first-order valence-electron chi connectivity index (χ1n) is 41.1. The van der Waals surface area contributed by atoms with Crippen molar-refractivity contribution in [3.63, 3.8) is 0 Å². The molecule has 0 aromatic heterocycles. The largest absolute Gasteiger partial charge is 0.438 e. The number of Topliss-reactive ketones (excluding diaryl/α,β-unsaturated/α-hetero) is 1. The van der Waals surface area contributed by atoms with Crippen LogP contribution in [0.1, 0.15) is 411 Å². The van der Waals surface area contributed by atoms with Crippen molar-refractivity contribution in [1.82, 2.24) is 0 Å². The number of ketones is 1. The van der Waals surface area contributed by atoms with Crippen LogP contribution < -0.4 is 0 Å². The third-order valence-electron chi connectivity index (χ3n) is 25.5. The second kappa shape index (κ2) is 63.9. The molecule has 8 atom stereocenters. The smallest absolute Gasteiger partial charge is 0.404 e. The summed E-state index contributed by atoms with van der Waals surface area (Å²) in [4.78, 5) is 82.1. The van der Waals surface area contributed by atoms with E-state index in [9.17, 15) is 46.7 Å². The Balaban J connectivity index is -0.000000201. The average molecular weight is 1690 g/mol. The van der Waals surface area contributed by atoms with E-state index in [1.807, 2.05) is 90.0 Å². The summed E-state index contributed by atoms with van der Waals surface area (Å²) in [6.07, 6.45) is 32.8. The molecule has 0 aromatic carbocycles. The van der Waals surface area contributed by atoms with Gasteiger partial charge in [-0.2, -0.15) is 13.2 Å². The number of carbonyl (C=O) groups excluding carboxylic acids is 7. The highest BCUT2D eigenvalue weighted by molar-refractivity contribution is 5.86. The van der Waals surface area contributed by atoms with Gasteiger partial charge >= 0.3 is 42.0 Å². The zero-order valence-electron chi connectivity index (χ0n) is 67.4. The lowest BCUT2D eigenvalue weighted by molar-refractivity contribution is -0.240. The van der Waals surface area contributed by atoms with Gasteiger partial charge in [0.05, 0.1) is 64.7 Å². The molecular weight excluding hydrogens is 1500 g/mol. The van der Waals surface area contributed by atoms with Crippen LogP contribution in [-0.4, -0.2) is 125 Å². The van der Waals surface area contributed by atoms with Gasteiger partial charge in [-0.15, -0.1) is 0 Å². The number of rotatable bonds is 31. The molecular formula is C95H189F3O19. The van der Waals surface area contributed by atoms with Gasteiger partial charge in [-0.05, 0) is 231 Å². The summed E-state index contributed by atoms with van der Waals surface area (Å²) in [5.74, 6) is 2.27. The number of carbonyl (C=O) groups is 7. The van der Waals surface area contributed by atoms with E-state index in [0.29, 0.717) is 36.4 Å². The molecule has 0 heterocycles. The van der Waals surface area contributed by atoms with Gasteiger partial charge < -0.3 is 56.8 Å². The third-order valence-corrected chi connectivity index (χ3v) is 25.5. The summed E-state index contributed by atoms with van der Waals surface area (Å²) in [5.41, 5.74) is -3.67. The molecule has 12 fully saturated rings. The number of hydrogen-bond donors (Lipinski definition) is 0. The van der Waals surface area contributed by atoms with Gasteiger partial charge in [0.1, 0.15) is 5.78 Å². The highest BCUT2D eigenvalue weighted by atomic mass is 19.4. The fourth-order valence-corrected chi connectivity index (χ4v) is 16.3. The van der Waals surface area contributed by atoms with Gasteiger partial charge in [0.25, 0.3) is 0 Å². The van der Waals surface area contributed by atoms with Crippen molar-refractivity contribution in [1.29, 1.82) is 0 Å². The molecule has 12 rings (SSSR count). The SMILES string of the molecule is C.C.C.C.C.C.C.C.C.C.C.C.CCC(C)(C(=O)OCOC1C2CC3CC(C2)C(=O)C1C3)C(F)(F)F.CCC(C)(C)C(=O)OCOC1CCCC1.CCC(C)(C)C(=O)OCOC1CCCCC1.CCC(C)(CC)C(=O)OCOC1C2CC3CC(C2)CC1C3.CCC(C)C(=O)OCOC1CCCC1.CCC(C)C(=O)OCOC1CCCCC1. The molecule has 704 valence electrons. The van der Waals surface area contributed by atoms with E-state index in [4.69, 9.17) is 56.8 Å². The Kier molecular flexibility index (Phi) is 70.2. The molecule has 8 bridgehead atoms. The second-order valence-electron chi connectivity index (χ2n) is 33.9. The van der Waals surface area contributed by atoms with Gasteiger partial charge in [-0.3, -0.25) is 33.6 Å². The van der Waals surface area contributed by atoms with Crippen molar-refractivity contribution in [2.24, 2.45) is 80.8 Å². The quantitative estimate of drug-likeness (QED) is 0.0357. The predicted octanol–water partition coefficient (Wildman–Crippen LogP) is 26.8. The minimum Gasteiger partial charge on any atom is -0.438 e. The fourth-order valence-electron chi connectivity index (χ4n) is 16.3. The first-order chi connectivity index (χ1) is 49.8. The van der Waals surface area contributed by atoms with E-state index in [0.717, 1.165) is 146 Å². The zero-order valence-corrected chi connectivity index (χ0v) is 67.4. The Labute approximate surface area is 717 Å². The number of esters is 6. The van der Waals surface area contributed by atoms with E-state index in [1.165, 1.54) is 103 Å². The van der Waals surface area contributed by atoms with Gasteiger partial charge in [0, 0.05) is 11.8 Å². The number of alkyl halides is 3. The normalized spacial score (nSPS) is 24.2. The minimum atomic E-state index is -4.67. The highest BCUT2D eigenvalue weighted by Crippen LogP contribution is 2.55. The molecule has 0 N–H and O–H groups in total. The first kappa shape index (κ1) is 129. The Morgan fingerprint density at radius 1 is 0.342 bits per heavy atom. The minimum absolute atomic E-state index is 0. The van der Waals surface area contributed by atoms with Crippen LogP contribution in [0.3, 0.4) is 0 Å². The van der Waals surface area contributed by atoms with E-state index in [1.54, 1.807) is 0 Å². The molecule has 12 saturated carbocycles. The van der Waals surface area contributed by atoms with Crippen LogP contribution in [0, 0.1) is 80.8 Å². The molecule has 8 unspecified atom stereocenters. The third kappa shape index (κ3) is 40.9. The predicted molar refractivity (Wildman–Crippen MR) is 474 cm³/mol. The lowest BCUT2D eigenvalue weighted by Gasteiger charge is -2.53. The summed E-state index contributed by atoms with van der Waals surface area (Å²) in [7, 11) is 0. The molecule has 0 radical (unpaired) electrons. The zero-order chi connectivity index (χ0) is 77.5. The Bertz CT molecular complexity index is 2540. The van der Waals surface area contributed by atoms with Crippen LogP contribution in [-0.2, 0) is 90.4 Å². The topological polar surface area (TPSA) is 230 Å². The number of halogens is 3.